The Morgan fingerprint density at radius 3 is 2.75 bits per heavy atom. The number of amides is 1. The summed E-state index contributed by atoms with van der Waals surface area (Å²) in [5.41, 5.74) is 3.59. The van der Waals surface area contributed by atoms with Crippen molar-refractivity contribution in [2.45, 2.75) is 6.92 Å². The van der Waals surface area contributed by atoms with Gasteiger partial charge < -0.3 is 15.1 Å². The quantitative estimate of drug-likeness (QED) is 0.778. The first kappa shape index (κ1) is 14.5. The van der Waals surface area contributed by atoms with Crippen molar-refractivity contribution in [3.63, 3.8) is 0 Å². The summed E-state index contributed by atoms with van der Waals surface area (Å²) < 4.78 is 5.62. The second-order valence-electron chi connectivity index (χ2n) is 5.84. The van der Waals surface area contributed by atoms with Crippen molar-refractivity contribution in [1.29, 1.82) is 0 Å². The Bertz CT molecular complexity index is 939. The molecule has 2 N–H and O–H groups in total. The van der Waals surface area contributed by atoms with Gasteiger partial charge in [-0.05, 0) is 49.4 Å². The summed E-state index contributed by atoms with van der Waals surface area (Å²) in [7, 11) is 0. The molecule has 120 valence electrons. The highest BCUT2D eigenvalue weighted by Crippen LogP contribution is 2.21. The fourth-order valence-corrected chi connectivity index (χ4v) is 2.77. The van der Waals surface area contributed by atoms with Crippen molar-refractivity contribution in [3.05, 3.63) is 65.4 Å². The zero-order valence-electron chi connectivity index (χ0n) is 13.3. The number of furan rings is 1. The lowest BCUT2D eigenvalue weighted by Crippen LogP contribution is -2.19. The first-order valence-corrected chi connectivity index (χ1v) is 7.89. The summed E-state index contributed by atoms with van der Waals surface area (Å²) in [5.74, 6) is 0.954. The number of benzene rings is 2. The molecule has 0 radical (unpaired) electrons. The number of fused-ring (bicyclic) bond motifs is 1. The molecule has 0 saturated heterocycles. The lowest BCUT2D eigenvalue weighted by atomic mass is 10.2. The molecule has 2 heterocycles. The minimum atomic E-state index is -0.257. The van der Waals surface area contributed by atoms with Gasteiger partial charge in [-0.2, -0.15) is 0 Å². The van der Waals surface area contributed by atoms with Gasteiger partial charge >= 0.3 is 0 Å². The first-order chi connectivity index (χ1) is 11.7. The molecule has 0 bridgehead atoms. The first-order valence-electron chi connectivity index (χ1n) is 7.89. The van der Waals surface area contributed by atoms with E-state index in [1.54, 1.807) is 6.07 Å². The van der Waals surface area contributed by atoms with Crippen LogP contribution in [-0.4, -0.2) is 24.8 Å². The predicted molar refractivity (Wildman–Crippen MR) is 94.8 cm³/mol. The van der Waals surface area contributed by atoms with Crippen LogP contribution in [-0.2, 0) is 0 Å². The van der Waals surface area contributed by atoms with Gasteiger partial charge in [0.05, 0.1) is 6.54 Å². The maximum absolute atomic E-state index is 12.4. The number of hydrogen-bond acceptors (Lipinski definition) is 4. The minimum Gasteiger partial charge on any atom is -0.451 e. The molecule has 0 fully saturated rings. The van der Waals surface area contributed by atoms with E-state index in [0.29, 0.717) is 11.3 Å². The van der Waals surface area contributed by atoms with Gasteiger partial charge in [0.1, 0.15) is 11.4 Å². The fraction of sp³-hybridized carbons (Fsp3) is 0.158. The number of nitrogens with one attached hydrogen (secondary N) is 2. The van der Waals surface area contributed by atoms with E-state index in [1.165, 1.54) is 0 Å². The summed E-state index contributed by atoms with van der Waals surface area (Å²) in [6, 6.07) is 15.2. The topological polar surface area (TPSA) is 66.6 Å². The lowest BCUT2D eigenvalue weighted by molar-refractivity contribution is 0.0998. The predicted octanol–water partition coefficient (Wildman–Crippen LogP) is 3.34. The number of carbonyl (C=O) groups excluding carboxylic acids is 1. The molecule has 1 amide bonds. The fourth-order valence-electron chi connectivity index (χ4n) is 2.77. The van der Waals surface area contributed by atoms with Crippen molar-refractivity contribution in [2.75, 3.05) is 18.4 Å². The van der Waals surface area contributed by atoms with E-state index in [0.717, 1.165) is 41.1 Å². The van der Waals surface area contributed by atoms with Gasteiger partial charge in [-0.1, -0.05) is 11.6 Å². The average molecular weight is 319 g/mol. The second kappa shape index (κ2) is 5.85. The van der Waals surface area contributed by atoms with Crippen LogP contribution in [0, 0.1) is 6.92 Å². The minimum absolute atomic E-state index is 0.257. The van der Waals surface area contributed by atoms with Crippen LogP contribution in [0.3, 0.4) is 0 Å². The van der Waals surface area contributed by atoms with Crippen LogP contribution in [0.25, 0.3) is 11.0 Å². The van der Waals surface area contributed by atoms with Crippen molar-refractivity contribution >= 4 is 28.4 Å². The van der Waals surface area contributed by atoms with Crippen LogP contribution in [0.4, 0.5) is 5.69 Å². The Morgan fingerprint density at radius 1 is 1.17 bits per heavy atom. The highest BCUT2D eigenvalue weighted by Gasteiger charge is 2.13. The molecule has 0 saturated carbocycles. The number of rotatable bonds is 3. The van der Waals surface area contributed by atoms with Gasteiger partial charge in [-0.25, -0.2) is 0 Å². The highest BCUT2D eigenvalue weighted by atomic mass is 16.3. The molecule has 2 aromatic carbocycles. The molecule has 0 unspecified atom stereocenters. The Morgan fingerprint density at radius 2 is 2.00 bits per heavy atom. The summed E-state index contributed by atoms with van der Waals surface area (Å²) in [6.45, 7) is 3.69. The van der Waals surface area contributed by atoms with Gasteiger partial charge in [0.15, 0.2) is 5.76 Å². The molecule has 24 heavy (non-hydrogen) atoms. The summed E-state index contributed by atoms with van der Waals surface area (Å²) in [4.78, 5) is 16.7. The van der Waals surface area contributed by atoms with E-state index in [2.05, 4.69) is 15.6 Å². The van der Waals surface area contributed by atoms with E-state index in [9.17, 15) is 4.79 Å². The average Bonchev–Trinajstić information content (AvgIpc) is 3.24. The van der Waals surface area contributed by atoms with E-state index in [4.69, 9.17) is 4.42 Å². The summed E-state index contributed by atoms with van der Waals surface area (Å²) in [5, 5.41) is 7.02. The normalized spacial score (nSPS) is 13.6. The van der Waals surface area contributed by atoms with Gasteiger partial charge in [-0.3, -0.25) is 9.79 Å². The largest absolute Gasteiger partial charge is 0.451 e. The number of anilines is 1. The Balaban J connectivity index is 1.52. The number of carbonyl (C=O) groups is 1. The van der Waals surface area contributed by atoms with Crippen LogP contribution < -0.4 is 10.6 Å². The van der Waals surface area contributed by atoms with Crippen molar-refractivity contribution in [2.24, 2.45) is 4.99 Å². The molecule has 0 atom stereocenters. The smallest absolute Gasteiger partial charge is 0.291 e. The van der Waals surface area contributed by atoms with E-state index < -0.39 is 0 Å². The Labute approximate surface area is 139 Å². The molecule has 5 heteroatoms. The third kappa shape index (κ3) is 2.76. The number of aryl methyl sites for hydroxylation is 1. The SMILES string of the molecule is Cc1ccc2oc(C(=O)Nc3ccc(C4=NCCN4)cc3)cc2c1. The van der Waals surface area contributed by atoms with Crippen LogP contribution in [0.5, 0.6) is 0 Å². The van der Waals surface area contributed by atoms with Gasteiger partial charge in [0.25, 0.3) is 5.91 Å². The van der Waals surface area contributed by atoms with Crippen molar-refractivity contribution in [3.8, 4) is 0 Å². The summed E-state index contributed by atoms with van der Waals surface area (Å²) in [6.07, 6.45) is 0. The molecule has 4 rings (SSSR count). The summed E-state index contributed by atoms with van der Waals surface area (Å²) >= 11 is 0. The molecule has 1 aliphatic heterocycles. The number of nitrogens with zero attached hydrogens (tertiary/aromatic N) is 1. The van der Waals surface area contributed by atoms with Crippen LogP contribution in [0.1, 0.15) is 21.7 Å². The molecular formula is C19H17N3O2. The van der Waals surface area contributed by atoms with Crippen LogP contribution >= 0.6 is 0 Å². The second-order valence-corrected chi connectivity index (χ2v) is 5.84. The maximum atomic E-state index is 12.4. The van der Waals surface area contributed by atoms with Crippen LogP contribution in [0.2, 0.25) is 0 Å². The number of aliphatic imine (C=N–C) groups is 1. The number of amidine groups is 1. The molecule has 5 nitrogen and oxygen atoms in total. The third-order valence-electron chi connectivity index (χ3n) is 3.99. The standard InChI is InChI=1S/C19H17N3O2/c1-12-2-7-16-14(10-12)11-17(24-16)19(23)22-15-5-3-13(4-6-15)18-20-8-9-21-18/h2-7,10-11H,8-9H2,1H3,(H,20,21)(H,22,23). The molecule has 1 aliphatic rings. The van der Waals surface area contributed by atoms with Gasteiger partial charge in [0, 0.05) is 23.2 Å². The van der Waals surface area contributed by atoms with Crippen molar-refractivity contribution in [1.82, 2.24) is 5.32 Å². The van der Waals surface area contributed by atoms with Gasteiger partial charge in [0.2, 0.25) is 0 Å². The maximum Gasteiger partial charge on any atom is 0.291 e. The molecule has 0 aliphatic carbocycles. The van der Waals surface area contributed by atoms with E-state index >= 15 is 0 Å². The van der Waals surface area contributed by atoms with Gasteiger partial charge in [-0.15, -0.1) is 0 Å². The monoisotopic (exact) mass is 319 g/mol. The van der Waals surface area contributed by atoms with E-state index in [-0.39, 0.29) is 5.91 Å². The third-order valence-corrected chi connectivity index (χ3v) is 3.99. The Hall–Kier alpha value is -3.08. The molecular weight excluding hydrogens is 302 g/mol. The zero-order chi connectivity index (χ0) is 16.5. The van der Waals surface area contributed by atoms with Crippen molar-refractivity contribution < 1.29 is 9.21 Å². The molecule has 3 aromatic rings. The zero-order valence-corrected chi connectivity index (χ0v) is 13.3. The van der Waals surface area contributed by atoms with E-state index in [1.807, 2.05) is 49.4 Å². The number of hydrogen-bond donors (Lipinski definition) is 2. The molecule has 1 aromatic heterocycles. The Kier molecular flexibility index (Phi) is 3.54. The lowest BCUT2D eigenvalue weighted by Gasteiger charge is -2.05. The molecule has 0 spiro atoms. The highest BCUT2D eigenvalue weighted by molar-refractivity contribution is 6.05. The van der Waals surface area contributed by atoms with Crippen LogP contribution in [0.15, 0.2) is 57.9 Å².